The summed E-state index contributed by atoms with van der Waals surface area (Å²) in [4.78, 5) is 28.3. The summed E-state index contributed by atoms with van der Waals surface area (Å²) in [5.74, 6) is -0.171. The number of carbonyl (C=O) groups is 1. The monoisotopic (exact) mass is 837 g/mol. The van der Waals surface area contributed by atoms with Gasteiger partial charge >= 0.3 is 0 Å². The van der Waals surface area contributed by atoms with E-state index in [1.54, 1.807) is 30.1 Å². The van der Waals surface area contributed by atoms with Crippen LogP contribution in [0.5, 0.6) is 11.5 Å². The Hall–Kier alpha value is -4.85. The fourth-order valence-corrected chi connectivity index (χ4v) is 9.90. The number of rotatable bonds is 15. The molecule has 2 aromatic carbocycles. The molecule has 4 heterocycles. The third-order valence-electron chi connectivity index (χ3n) is 12.7. The van der Waals surface area contributed by atoms with Gasteiger partial charge in [0.05, 0.1) is 28.0 Å². The van der Waals surface area contributed by atoms with E-state index in [2.05, 4.69) is 63.7 Å². The summed E-state index contributed by atoms with van der Waals surface area (Å²) in [6.45, 7) is 20.3. The van der Waals surface area contributed by atoms with E-state index in [0.717, 1.165) is 101 Å². The van der Waals surface area contributed by atoms with Crippen molar-refractivity contribution >= 4 is 44.0 Å². The van der Waals surface area contributed by atoms with E-state index in [1.807, 2.05) is 31.3 Å². The van der Waals surface area contributed by atoms with Crippen molar-refractivity contribution in [2.24, 2.45) is 10.8 Å². The van der Waals surface area contributed by atoms with Crippen LogP contribution in [0.15, 0.2) is 89.1 Å². The molecule has 1 aliphatic carbocycles. The quantitative estimate of drug-likeness (QED) is 0.0995. The van der Waals surface area contributed by atoms with Crippen molar-refractivity contribution in [1.82, 2.24) is 19.6 Å². The number of aromatic amines is 1. The molecule has 2 saturated heterocycles. The van der Waals surface area contributed by atoms with Gasteiger partial charge in [0.15, 0.2) is 0 Å². The molecule has 4 N–H and O–H groups in total. The number of nitrogens with one attached hydrogen (secondary N) is 2. The van der Waals surface area contributed by atoms with Crippen LogP contribution in [0.2, 0.25) is 0 Å². The lowest BCUT2D eigenvalue weighted by Crippen LogP contribution is -2.47. The van der Waals surface area contributed by atoms with Crippen LogP contribution in [0.25, 0.3) is 11.0 Å². The van der Waals surface area contributed by atoms with Gasteiger partial charge in [-0.2, -0.15) is 0 Å². The van der Waals surface area contributed by atoms with Gasteiger partial charge in [-0.3, -0.25) is 9.69 Å². The molecular formula is C47H63N7O5S. The van der Waals surface area contributed by atoms with Crippen molar-refractivity contribution in [3.8, 4) is 11.5 Å². The number of sulfonamides is 1. The Morgan fingerprint density at radius 2 is 1.82 bits per heavy atom. The van der Waals surface area contributed by atoms with Crippen LogP contribution in [-0.4, -0.2) is 88.7 Å². The maximum absolute atomic E-state index is 14.0. The smallest absolute Gasteiger partial charge is 0.268 e. The summed E-state index contributed by atoms with van der Waals surface area (Å²) in [7, 11) is -2.35. The van der Waals surface area contributed by atoms with Crippen LogP contribution in [0.4, 0.5) is 17.1 Å². The topological polar surface area (TPSA) is 146 Å². The van der Waals surface area contributed by atoms with E-state index in [1.165, 1.54) is 42.5 Å². The Labute approximate surface area is 356 Å². The fourth-order valence-electron chi connectivity index (χ4n) is 8.90. The van der Waals surface area contributed by atoms with Crippen molar-refractivity contribution in [2.45, 2.75) is 84.0 Å². The number of ether oxygens (including phenoxy) is 2. The van der Waals surface area contributed by atoms with Gasteiger partial charge in [0, 0.05) is 82.9 Å². The SMILES string of the molecule is C=C(CCCC)C1=C(CN2CCN(c3ccc(C(=O)NS(=O)(=O)c4ccc(N(C)CC5(C)CCOCC5)c(N)c4)c(Oc4cnc5[nH]ccc5c4)c3)CC2)CCC(C)(C)C1. The summed E-state index contributed by atoms with van der Waals surface area (Å²) >= 11 is 0. The molecule has 1 amide bonds. The average molecular weight is 838 g/mol. The van der Waals surface area contributed by atoms with Gasteiger partial charge in [0.25, 0.3) is 15.9 Å². The van der Waals surface area contributed by atoms with Gasteiger partial charge in [-0.1, -0.05) is 51.8 Å². The van der Waals surface area contributed by atoms with Gasteiger partial charge in [-0.25, -0.2) is 18.1 Å². The molecule has 0 bridgehead atoms. The fraction of sp³-hybridized carbons (Fsp3) is 0.489. The number of carbonyl (C=O) groups excluding carboxylic acids is 1. The Morgan fingerprint density at radius 1 is 1.05 bits per heavy atom. The summed E-state index contributed by atoms with van der Waals surface area (Å²) in [6.07, 6.45) is 12.1. The van der Waals surface area contributed by atoms with Crippen molar-refractivity contribution in [3.63, 3.8) is 0 Å². The number of pyridine rings is 1. The molecule has 4 aromatic rings. The number of piperazine rings is 1. The molecular weight excluding hydrogens is 775 g/mol. The van der Waals surface area contributed by atoms with Gasteiger partial charge in [-0.05, 0) is 104 Å². The summed E-state index contributed by atoms with van der Waals surface area (Å²) in [5.41, 5.74) is 13.9. The second-order valence-electron chi connectivity index (χ2n) is 18.2. The van der Waals surface area contributed by atoms with Crippen LogP contribution in [0.1, 0.15) is 89.4 Å². The molecule has 0 spiro atoms. The minimum absolute atomic E-state index is 0.0593. The molecule has 0 unspecified atom stereocenters. The van der Waals surface area contributed by atoms with Gasteiger partial charge in [0.1, 0.15) is 17.1 Å². The van der Waals surface area contributed by atoms with E-state index in [4.69, 9.17) is 15.2 Å². The predicted octanol–water partition coefficient (Wildman–Crippen LogP) is 8.68. The lowest BCUT2D eigenvalue weighted by atomic mass is 9.72. The molecule has 7 rings (SSSR count). The number of allylic oxidation sites excluding steroid dienone is 2. The minimum Gasteiger partial charge on any atom is -0.455 e. The molecule has 0 radical (unpaired) electrons. The first-order chi connectivity index (χ1) is 28.6. The van der Waals surface area contributed by atoms with Crippen LogP contribution >= 0.6 is 0 Å². The van der Waals surface area contributed by atoms with Crippen molar-refractivity contribution in [2.75, 3.05) is 75.1 Å². The number of unbranched alkanes of at least 4 members (excludes halogenated alkanes) is 1. The van der Waals surface area contributed by atoms with Crippen LogP contribution in [-0.2, 0) is 14.8 Å². The van der Waals surface area contributed by atoms with Crippen LogP contribution in [0.3, 0.4) is 0 Å². The maximum Gasteiger partial charge on any atom is 0.268 e. The number of nitrogens with zero attached hydrogens (tertiary/aromatic N) is 4. The van der Waals surface area contributed by atoms with E-state index >= 15 is 0 Å². The zero-order valence-electron chi connectivity index (χ0n) is 36.1. The normalized spacial score (nSPS) is 18.4. The number of aromatic nitrogens is 2. The maximum atomic E-state index is 14.0. The first-order valence-corrected chi connectivity index (χ1v) is 23.0. The number of nitrogens with two attached hydrogens (primary N) is 1. The van der Waals surface area contributed by atoms with E-state index in [0.29, 0.717) is 22.5 Å². The van der Waals surface area contributed by atoms with Crippen molar-refractivity contribution < 1.29 is 22.7 Å². The average Bonchev–Trinajstić information content (AvgIpc) is 3.69. The summed E-state index contributed by atoms with van der Waals surface area (Å²) in [5, 5.41) is 0.843. The molecule has 13 heteroatoms. The Kier molecular flexibility index (Phi) is 13.0. The number of hydrogen-bond acceptors (Lipinski definition) is 10. The molecule has 0 saturated carbocycles. The molecule has 2 fully saturated rings. The van der Waals surface area contributed by atoms with E-state index in [9.17, 15) is 13.2 Å². The summed E-state index contributed by atoms with van der Waals surface area (Å²) in [6, 6.07) is 13.6. The number of benzene rings is 2. The molecule has 3 aliphatic rings. The molecule has 0 atom stereocenters. The summed E-state index contributed by atoms with van der Waals surface area (Å²) < 4.78 is 41.7. The molecule has 322 valence electrons. The van der Waals surface area contributed by atoms with Crippen LogP contribution < -0.4 is 25.0 Å². The van der Waals surface area contributed by atoms with Gasteiger partial charge < -0.3 is 30.0 Å². The van der Waals surface area contributed by atoms with Crippen LogP contribution in [0, 0.1) is 10.8 Å². The lowest BCUT2D eigenvalue weighted by Gasteiger charge is -2.39. The highest BCUT2D eigenvalue weighted by molar-refractivity contribution is 7.90. The number of H-pyrrole nitrogens is 1. The Balaban J connectivity index is 1.08. The number of anilines is 3. The first kappa shape index (κ1) is 43.2. The Morgan fingerprint density at radius 3 is 2.55 bits per heavy atom. The highest BCUT2D eigenvalue weighted by Gasteiger charge is 2.32. The molecule has 2 aromatic heterocycles. The van der Waals surface area contributed by atoms with E-state index in [-0.39, 0.29) is 21.6 Å². The van der Waals surface area contributed by atoms with Gasteiger partial charge in [-0.15, -0.1) is 0 Å². The molecule has 12 nitrogen and oxygen atoms in total. The number of hydrogen-bond donors (Lipinski definition) is 3. The number of nitrogen functional groups attached to an aromatic ring is 1. The highest BCUT2D eigenvalue weighted by atomic mass is 32.2. The zero-order valence-corrected chi connectivity index (χ0v) is 36.9. The number of fused-ring (bicyclic) bond motifs is 1. The third-order valence-corrected chi connectivity index (χ3v) is 14.0. The minimum atomic E-state index is -4.30. The number of amides is 1. The second-order valence-corrected chi connectivity index (χ2v) is 19.9. The lowest BCUT2D eigenvalue weighted by molar-refractivity contribution is 0.0277. The molecule has 2 aliphatic heterocycles. The zero-order chi connectivity index (χ0) is 42.7. The second kappa shape index (κ2) is 18.0. The predicted molar refractivity (Wildman–Crippen MR) is 242 cm³/mol. The van der Waals surface area contributed by atoms with Crippen molar-refractivity contribution in [1.29, 1.82) is 0 Å². The molecule has 60 heavy (non-hydrogen) atoms. The third kappa shape index (κ3) is 10.2. The van der Waals surface area contributed by atoms with E-state index < -0.39 is 15.9 Å². The highest BCUT2D eigenvalue weighted by Crippen LogP contribution is 2.42. The first-order valence-electron chi connectivity index (χ1n) is 21.5. The largest absolute Gasteiger partial charge is 0.455 e. The van der Waals surface area contributed by atoms with Crippen molar-refractivity contribution in [3.05, 3.63) is 89.8 Å². The Bertz CT molecular complexity index is 2340. The van der Waals surface area contributed by atoms with Gasteiger partial charge in [0.2, 0.25) is 0 Å². The standard InChI is InChI=1S/C47H63N7O5S/c1-7-8-9-33(2)40-29-46(3,4)16-14-35(40)31-53-20-22-54(23-21-53)36-10-12-39(43(27-36)59-37-26-34-15-19-49-44(34)50-30-37)45(55)51-60(56,57)38-11-13-42(41(48)28-38)52(6)32-47(5)17-24-58-25-18-47/h10-13,15,19,26-28,30H,2,7-9,14,16-18,20-25,29,31-32,48H2,1,3-6H3,(H,49,50)(H,51,55).